The smallest absolute Gasteiger partial charge is 0.0713 e. The Balaban J connectivity index is 0.991. The van der Waals surface area contributed by atoms with Crippen molar-refractivity contribution in [2.75, 3.05) is 4.90 Å². The fraction of sp³-hybridized carbons (Fsp3) is 0.0164. The van der Waals surface area contributed by atoms with Crippen molar-refractivity contribution in [3.8, 4) is 33.4 Å². The Morgan fingerprint density at radius 1 is 0.290 bits per heavy atom. The van der Waals surface area contributed by atoms with Crippen LogP contribution in [0.2, 0.25) is 0 Å². The highest BCUT2D eigenvalue weighted by atomic mass is 15.1. The number of fused-ring (bicyclic) bond motifs is 6. The second kappa shape index (κ2) is 14.6. The lowest BCUT2D eigenvalue weighted by Crippen LogP contribution is -2.28. The van der Waals surface area contributed by atoms with Crippen molar-refractivity contribution in [1.29, 1.82) is 0 Å². The lowest BCUT2D eigenvalue weighted by molar-refractivity contribution is 0.768. The minimum atomic E-state index is -0.436. The monoisotopic (exact) mass is 787 g/mol. The summed E-state index contributed by atoms with van der Waals surface area (Å²) in [5.41, 5.74) is 15.6. The van der Waals surface area contributed by atoms with E-state index in [1.54, 1.807) is 0 Å². The second-order valence-corrected chi connectivity index (χ2v) is 16.4. The maximum Gasteiger partial charge on any atom is 0.0713 e. The summed E-state index contributed by atoms with van der Waals surface area (Å²) < 4.78 is 0. The van der Waals surface area contributed by atoms with E-state index in [9.17, 15) is 0 Å². The van der Waals surface area contributed by atoms with E-state index >= 15 is 0 Å². The zero-order chi connectivity index (χ0) is 41.0. The van der Waals surface area contributed by atoms with Crippen molar-refractivity contribution in [3.05, 3.63) is 271 Å². The molecule has 0 saturated heterocycles. The molecule has 11 aromatic rings. The van der Waals surface area contributed by atoms with Gasteiger partial charge in [0.15, 0.2) is 0 Å². The van der Waals surface area contributed by atoms with Gasteiger partial charge in [0.05, 0.1) is 11.1 Å². The third-order valence-electron chi connectivity index (χ3n) is 13.1. The lowest BCUT2D eigenvalue weighted by Gasteiger charge is -2.34. The van der Waals surface area contributed by atoms with E-state index in [1.807, 2.05) is 0 Å². The minimum absolute atomic E-state index is 0.436. The fourth-order valence-corrected chi connectivity index (χ4v) is 10.4. The van der Waals surface area contributed by atoms with Crippen LogP contribution in [0.4, 0.5) is 17.1 Å². The SMILES string of the molecule is c1ccc(C2(c3ccccc3)c3ccccc3-c3c(-c4ccc5cc(N(c6ccc(-c7cccc8ccccc78)cc6)c6cccc7ccccc67)ccc5c4)cccc32)cc1. The van der Waals surface area contributed by atoms with E-state index in [1.165, 1.54) is 88.0 Å². The molecule has 1 heteroatoms. The maximum atomic E-state index is 2.41. The molecule has 290 valence electrons. The molecule has 0 saturated carbocycles. The third-order valence-corrected chi connectivity index (χ3v) is 13.1. The van der Waals surface area contributed by atoms with Crippen molar-refractivity contribution >= 4 is 49.4 Å². The molecule has 0 spiro atoms. The van der Waals surface area contributed by atoms with Crippen molar-refractivity contribution < 1.29 is 0 Å². The van der Waals surface area contributed by atoms with Crippen LogP contribution >= 0.6 is 0 Å². The molecule has 62 heavy (non-hydrogen) atoms. The second-order valence-electron chi connectivity index (χ2n) is 16.4. The van der Waals surface area contributed by atoms with Gasteiger partial charge in [-0.1, -0.05) is 212 Å². The Hall–Kier alpha value is -8.00. The Bertz CT molecular complexity index is 3410. The van der Waals surface area contributed by atoms with Crippen LogP contribution in [0.25, 0.3) is 65.7 Å². The van der Waals surface area contributed by atoms with E-state index < -0.39 is 5.41 Å². The molecule has 11 aromatic carbocycles. The molecule has 0 radical (unpaired) electrons. The summed E-state index contributed by atoms with van der Waals surface area (Å²) in [6.45, 7) is 0. The Morgan fingerprint density at radius 2 is 0.806 bits per heavy atom. The number of anilines is 3. The predicted octanol–water partition coefficient (Wildman–Crippen LogP) is 16.3. The Kier molecular flexibility index (Phi) is 8.47. The van der Waals surface area contributed by atoms with Crippen LogP contribution in [0.5, 0.6) is 0 Å². The summed E-state index contributed by atoms with van der Waals surface area (Å²) in [4.78, 5) is 2.41. The van der Waals surface area contributed by atoms with Crippen LogP contribution in [0.1, 0.15) is 22.3 Å². The van der Waals surface area contributed by atoms with Gasteiger partial charge in [-0.25, -0.2) is 0 Å². The maximum absolute atomic E-state index is 2.41. The zero-order valence-corrected chi connectivity index (χ0v) is 34.1. The standard InChI is InChI=1S/C61H41N/c1-3-20-48(21-4-1)61(49-22-5-2-6-23-49)57-29-12-11-26-56(57)60-55(28-15-30-58(60)61)47-33-32-46-41-51(39-36-45(46)40-47)62(59-31-14-19-43-17-8-10-25-54(43)59)50-37-34-44(35-38-50)53-27-13-18-42-16-7-9-24-52(42)53/h1-41H. The number of hydrogen-bond donors (Lipinski definition) is 0. The van der Waals surface area contributed by atoms with Gasteiger partial charge < -0.3 is 4.90 Å². The number of benzene rings is 11. The topological polar surface area (TPSA) is 3.24 Å². The van der Waals surface area contributed by atoms with E-state index in [0.717, 1.165) is 17.1 Å². The molecule has 12 rings (SSSR count). The fourth-order valence-electron chi connectivity index (χ4n) is 10.4. The molecule has 0 N–H and O–H groups in total. The van der Waals surface area contributed by atoms with E-state index in [0.29, 0.717) is 0 Å². The van der Waals surface area contributed by atoms with Crippen LogP contribution in [0.3, 0.4) is 0 Å². The molecule has 0 fully saturated rings. The van der Waals surface area contributed by atoms with Gasteiger partial charge in [0.1, 0.15) is 0 Å². The number of rotatable bonds is 7. The van der Waals surface area contributed by atoms with Crippen LogP contribution in [0.15, 0.2) is 249 Å². The van der Waals surface area contributed by atoms with Gasteiger partial charge in [-0.2, -0.15) is 0 Å². The van der Waals surface area contributed by atoms with Gasteiger partial charge in [0.2, 0.25) is 0 Å². The first-order valence-electron chi connectivity index (χ1n) is 21.5. The molecular weight excluding hydrogens is 747 g/mol. The molecule has 0 unspecified atom stereocenters. The molecule has 0 aromatic heterocycles. The van der Waals surface area contributed by atoms with Crippen LogP contribution < -0.4 is 4.90 Å². The number of hydrogen-bond acceptors (Lipinski definition) is 1. The predicted molar refractivity (Wildman–Crippen MR) is 262 cm³/mol. The lowest BCUT2D eigenvalue weighted by atomic mass is 9.67. The van der Waals surface area contributed by atoms with Crippen molar-refractivity contribution in [1.82, 2.24) is 0 Å². The van der Waals surface area contributed by atoms with Gasteiger partial charge in [0, 0.05) is 16.8 Å². The zero-order valence-electron chi connectivity index (χ0n) is 34.1. The van der Waals surface area contributed by atoms with Gasteiger partial charge in [0.25, 0.3) is 0 Å². The first-order valence-corrected chi connectivity index (χ1v) is 21.5. The highest BCUT2D eigenvalue weighted by molar-refractivity contribution is 6.02. The largest absolute Gasteiger partial charge is 0.310 e. The summed E-state index contributed by atoms with van der Waals surface area (Å²) in [7, 11) is 0. The molecule has 0 bridgehead atoms. The van der Waals surface area contributed by atoms with Crippen LogP contribution in [-0.2, 0) is 5.41 Å². The summed E-state index contributed by atoms with van der Waals surface area (Å²) in [5, 5.41) is 7.34. The van der Waals surface area contributed by atoms with Crippen molar-refractivity contribution in [2.45, 2.75) is 5.41 Å². The van der Waals surface area contributed by atoms with E-state index in [4.69, 9.17) is 0 Å². The first-order chi connectivity index (χ1) is 30.8. The summed E-state index contributed by atoms with van der Waals surface area (Å²) in [6, 6.07) is 91.5. The third kappa shape index (κ3) is 5.63. The van der Waals surface area contributed by atoms with Crippen LogP contribution in [-0.4, -0.2) is 0 Å². The Morgan fingerprint density at radius 3 is 1.58 bits per heavy atom. The quantitative estimate of drug-likeness (QED) is 0.155. The summed E-state index contributed by atoms with van der Waals surface area (Å²) >= 11 is 0. The number of nitrogens with zero attached hydrogens (tertiary/aromatic N) is 1. The van der Waals surface area contributed by atoms with Gasteiger partial charge >= 0.3 is 0 Å². The normalized spacial score (nSPS) is 12.6. The van der Waals surface area contributed by atoms with E-state index in [-0.39, 0.29) is 0 Å². The molecule has 1 aliphatic carbocycles. The molecule has 0 heterocycles. The molecule has 0 aliphatic heterocycles. The van der Waals surface area contributed by atoms with Crippen molar-refractivity contribution in [3.63, 3.8) is 0 Å². The van der Waals surface area contributed by atoms with Gasteiger partial charge in [-0.15, -0.1) is 0 Å². The Labute approximate surface area is 362 Å². The van der Waals surface area contributed by atoms with Crippen molar-refractivity contribution in [2.24, 2.45) is 0 Å². The van der Waals surface area contributed by atoms with E-state index in [2.05, 4.69) is 254 Å². The molecule has 0 atom stereocenters. The molecule has 1 nitrogen and oxygen atoms in total. The molecular formula is C61H41N. The summed E-state index contributed by atoms with van der Waals surface area (Å²) in [6.07, 6.45) is 0. The highest BCUT2D eigenvalue weighted by Crippen LogP contribution is 2.58. The molecule has 0 amide bonds. The average molecular weight is 788 g/mol. The minimum Gasteiger partial charge on any atom is -0.310 e. The first kappa shape index (κ1) is 35.9. The summed E-state index contributed by atoms with van der Waals surface area (Å²) in [5.74, 6) is 0. The van der Waals surface area contributed by atoms with Gasteiger partial charge in [-0.3, -0.25) is 0 Å². The average Bonchev–Trinajstić information content (AvgIpc) is 3.66. The van der Waals surface area contributed by atoms with Gasteiger partial charge in [-0.05, 0) is 119 Å². The highest BCUT2D eigenvalue weighted by Gasteiger charge is 2.46. The van der Waals surface area contributed by atoms with Crippen LogP contribution in [0, 0.1) is 0 Å². The molecule has 1 aliphatic rings.